The highest BCUT2D eigenvalue weighted by Crippen LogP contribution is 2.37. The highest BCUT2D eigenvalue weighted by molar-refractivity contribution is 14.1. The SMILES string of the molecule is Cc1nn(CCC(=O)Nc2sc3c(c2C#N)CCCC3)cc1I. The molecule has 7 heteroatoms. The minimum Gasteiger partial charge on any atom is -0.317 e. The van der Waals surface area contributed by atoms with Gasteiger partial charge in [0.05, 0.1) is 14.8 Å². The molecule has 1 amide bonds. The fraction of sp³-hybridized carbons (Fsp3) is 0.438. The summed E-state index contributed by atoms with van der Waals surface area (Å²) >= 11 is 3.80. The first kappa shape index (κ1) is 16.5. The number of nitrogens with zero attached hydrogens (tertiary/aromatic N) is 3. The fourth-order valence-corrected chi connectivity index (χ4v) is 4.47. The Morgan fingerprint density at radius 2 is 2.30 bits per heavy atom. The second-order valence-electron chi connectivity index (χ2n) is 5.65. The van der Waals surface area contributed by atoms with E-state index >= 15 is 0 Å². The lowest BCUT2D eigenvalue weighted by Crippen LogP contribution is -2.14. The van der Waals surface area contributed by atoms with Gasteiger partial charge in [-0.15, -0.1) is 11.3 Å². The van der Waals surface area contributed by atoms with E-state index in [1.165, 1.54) is 11.3 Å². The minimum atomic E-state index is -0.0664. The third-order valence-corrected chi connectivity index (χ3v) is 6.26. The van der Waals surface area contributed by atoms with E-state index in [9.17, 15) is 10.1 Å². The van der Waals surface area contributed by atoms with Crippen LogP contribution in [0.1, 0.15) is 41.0 Å². The number of hydrogen-bond donors (Lipinski definition) is 1. The number of hydrogen-bond acceptors (Lipinski definition) is 4. The molecule has 2 heterocycles. The number of anilines is 1. The topological polar surface area (TPSA) is 70.7 Å². The molecule has 3 rings (SSSR count). The molecule has 0 atom stereocenters. The van der Waals surface area contributed by atoms with Crippen molar-refractivity contribution < 1.29 is 4.79 Å². The molecule has 120 valence electrons. The van der Waals surface area contributed by atoms with E-state index in [0.29, 0.717) is 18.5 Å². The molecule has 0 unspecified atom stereocenters. The number of carbonyl (C=O) groups excluding carboxylic acids is 1. The zero-order valence-electron chi connectivity index (χ0n) is 12.9. The molecule has 5 nitrogen and oxygen atoms in total. The van der Waals surface area contributed by atoms with Crippen molar-refractivity contribution in [3.8, 4) is 6.07 Å². The number of nitriles is 1. The number of halogens is 1. The predicted octanol–water partition coefficient (Wildman–Crippen LogP) is 3.64. The summed E-state index contributed by atoms with van der Waals surface area (Å²) in [6.45, 7) is 2.50. The first-order chi connectivity index (χ1) is 11.1. The van der Waals surface area contributed by atoms with E-state index in [0.717, 1.165) is 39.1 Å². The molecule has 2 aromatic rings. The van der Waals surface area contributed by atoms with Gasteiger partial charge in [0.25, 0.3) is 0 Å². The number of aromatic nitrogens is 2. The number of fused-ring (bicyclic) bond motifs is 1. The summed E-state index contributed by atoms with van der Waals surface area (Å²) < 4.78 is 2.89. The Balaban J connectivity index is 1.66. The largest absolute Gasteiger partial charge is 0.317 e. The molecule has 2 aromatic heterocycles. The summed E-state index contributed by atoms with van der Waals surface area (Å²) in [6, 6.07) is 2.27. The number of nitrogens with one attached hydrogen (secondary N) is 1. The molecular formula is C16H17IN4OS. The first-order valence-electron chi connectivity index (χ1n) is 7.62. The zero-order valence-corrected chi connectivity index (χ0v) is 15.8. The number of amides is 1. The van der Waals surface area contributed by atoms with Gasteiger partial charge in [-0.05, 0) is 60.8 Å². The summed E-state index contributed by atoms with van der Waals surface area (Å²) in [5, 5.41) is 17.4. The van der Waals surface area contributed by atoms with E-state index in [4.69, 9.17) is 0 Å². The van der Waals surface area contributed by atoms with Crippen LogP contribution in [0.15, 0.2) is 6.20 Å². The highest BCUT2D eigenvalue weighted by Gasteiger charge is 2.21. The molecule has 0 saturated heterocycles. The minimum absolute atomic E-state index is 0.0664. The second kappa shape index (κ2) is 7.01. The van der Waals surface area contributed by atoms with Gasteiger partial charge >= 0.3 is 0 Å². The average molecular weight is 440 g/mol. The number of rotatable bonds is 4. The first-order valence-corrected chi connectivity index (χ1v) is 9.52. The Kier molecular flexibility index (Phi) is 5.02. The predicted molar refractivity (Wildman–Crippen MR) is 98.6 cm³/mol. The summed E-state index contributed by atoms with van der Waals surface area (Å²) in [6.07, 6.45) is 6.57. The van der Waals surface area contributed by atoms with E-state index in [2.05, 4.69) is 39.1 Å². The maximum absolute atomic E-state index is 12.2. The van der Waals surface area contributed by atoms with Gasteiger partial charge in [0, 0.05) is 24.0 Å². The van der Waals surface area contributed by atoms with Crippen LogP contribution in [0, 0.1) is 21.8 Å². The third kappa shape index (κ3) is 3.58. The van der Waals surface area contributed by atoms with Crippen molar-refractivity contribution in [3.63, 3.8) is 0 Å². The monoisotopic (exact) mass is 440 g/mol. The Hall–Kier alpha value is -1.40. The Bertz CT molecular complexity index is 767. The van der Waals surface area contributed by atoms with Crippen LogP contribution in [0.5, 0.6) is 0 Å². The van der Waals surface area contributed by atoms with Gasteiger partial charge in [0.1, 0.15) is 11.1 Å². The van der Waals surface area contributed by atoms with Crippen molar-refractivity contribution in [1.29, 1.82) is 5.26 Å². The lowest BCUT2D eigenvalue weighted by atomic mass is 9.96. The van der Waals surface area contributed by atoms with Crippen LogP contribution in [0.4, 0.5) is 5.00 Å². The van der Waals surface area contributed by atoms with Gasteiger partial charge in [0.2, 0.25) is 5.91 Å². The number of thiophene rings is 1. The molecule has 0 fully saturated rings. The van der Waals surface area contributed by atoms with Crippen LogP contribution in [-0.2, 0) is 24.2 Å². The maximum atomic E-state index is 12.2. The quantitative estimate of drug-likeness (QED) is 0.739. The Morgan fingerprint density at radius 1 is 1.52 bits per heavy atom. The molecule has 0 bridgehead atoms. The summed E-state index contributed by atoms with van der Waals surface area (Å²) in [5.41, 5.74) is 2.79. The molecule has 1 N–H and O–H groups in total. The second-order valence-corrected chi connectivity index (χ2v) is 7.92. The van der Waals surface area contributed by atoms with Crippen LogP contribution < -0.4 is 5.32 Å². The summed E-state index contributed by atoms with van der Waals surface area (Å²) in [7, 11) is 0. The van der Waals surface area contributed by atoms with Crippen molar-refractivity contribution in [2.75, 3.05) is 5.32 Å². The van der Waals surface area contributed by atoms with Crippen molar-refractivity contribution in [3.05, 3.63) is 31.5 Å². The fourth-order valence-electron chi connectivity index (χ4n) is 2.79. The zero-order chi connectivity index (χ0) is 16.4. The lowest BCUT2D eigenvalue weighted by molar-refractivity contribution is -0.116. The van der Waals surface area contributed by atoms with Crippen LogP contribution in [0.3, 0.4) is 0 Å². The normalized spacial score (nSPS) is 13.4. The van der Waals surface area contributed by atoms with Crippen LogP contribution in [0.2, 0.25) is 0 Å². The van der Waals surface area contributed by atoms with Crippen molar-refractivity contribution >= 4 is 44.8 Å². The van der Waals surface area contributed by atoms with Crippen molar-refractivity contribution in [2.24, 2.45) is 0 Å². The molecule has 0 saturated carbocycles. The molecule has 1 aliphatic rings. The molecule has 0 spiro atoms. The van der Waals surface area contributed by atoms with Gasteiger partial charge in [-0.3, -0.25) is 9.48 Å². The summed E-state index contributed by atoms with van der Waals surface area (Å²) in [4.78, 5) is 13.5. The number of carbonyl (C=O) groups is 1. The highest BCUT2D eigenvalue weighted by atomic mass is 127. The van der Waals surface area contributed by atoms with Crippen LogP contribution in [0.25, 0.3) is 0 Å². The van der Waals surface area contributed by atoms with E-state index in [1.54, 1.807) is 16.0 Å². The van der Waals surface area contributed by atoms with Crippen molar-refractivity contribution in [1.82, 2.24) is 9.78 Å². The summed E-state index contributed by atoms with van der Waals surface area (Å²) in [5.74, 6) is -0.0664. The van der Waals surface area contributed by atoms with Gasteiger partial charge in [0.15, 0.2) is 0 Å². The molecule has 0 aliphatic heterocycles. The van der Waals surface area contributed by atoms with Crippen LogP contribution >= 0.6 is 33.9 Å². The van der Waals surface area contributed by atoms with Crippen LogP contribution in [-0.4, -0.2) is 15.7 Å². The maximum Gasteiger partial charge on any atom is 0.226 e. The van der Waals surface area contributed by atoms with Gasteiger partial charge < -0.3 is 5.32 Å². The van der Waals surface area contributed by atoms with E-state index < -0.39 is 0 Å². The Labute approximate surface area is 152 Å². The molecule has 0 radical (unpaired) electrons. The van der Waals surface area contributed by atoms with Crippen molar-refractivity contribution in [2.45, 2.75) is 45.6 Å². The van der Waals surface area contributed by atoms with E-state index in [1.807, 2.05) is 13.1 Å². The standard InChI is InChI=1S/C16H17IN4OS/c1-10-13(17)9-21(20-10)7-6-15(22)19-16-12(8-18)11-4-2-3-5-14(11)23-16/h9H,2-7H2,1H3,(H,19,22). The van der Waals surface area contributed by atoms with Gasteiger partial charge in [-0.25, -0.2) is 0 Å². The molecule has 0 aromatic carbocycles. The average Bonchev–Trinajstić information content (AvgIpc) is 3.04. The van der Waals surface area contributed by atoms with E-state index in [-0.39, 0.29) is 5.91 Å². The molecule has 1 aliphatic carbocycles. The molecular weight excluding hydrogens is 423 g/mol. The lowest BCUT2D eigenvalue weighted by Gasteiger charge is -2.09. The molecule has 23 heavy (non-hydrogen) atoms. The van der Waals surface area contributed by atoms with Gasteiger partial charge in [-0.2, -0.15) is 10.4 Å². The third-order valence-electron chi connectivity index (χ3n) is 3.99. The Morgan fingerprint density at radius 3 is 3.00 bits per heavy atom. The van der Waals surface area contributed by atoms with Gasteiger partial charge in [-0.1, -0.05) is 0 Å². The smallest absolute Gasteiger partial charge is 0.226 e. The number of aryl methyl sites for hydroxylation is 3.